The maximum atomic E-state index is 12.3. The van der Waals surface area contributed by atoms with E-state index in [2.05, 4.69) is 0 Å². The largest absolute Gasteiger partial charge is 0.457 e. The molecule has 0 aliphatic carbocycles. The lowest BCUT2D eigenvalue weighted by molar-refractivity contribution is -0.147. The number of hydrogen-bond donors (Lipinski definition) is 0. The van der Waals surface area contributed by atoms with Gasteiger partial charge in [-0.25, -0.2) is 0 Å². The minimum Gasteiger partial charge on any atom is -0.457 e. The van der Waals surface area contributed by atoms with Gasteiger partial charge in [0.25, 0.3) is 0 Å². The molecule has 5 nitrogen and oxygen atoms in total. The predicted octanol–water partition coefficient (Wildman–Crippen LogP) is 3.43. The number of benzene rings is 2. The van der Waals surface area contributed by atoms with E-state index in [-0.39, 0.29) is 31.3 Å². The van der Waals surface area contributed by atoms with Gasteiger partial charge in [0.1, 0.15) is 0 Å². The molecule has 1 atom stereocenters. The quantitative estimate of drug-likeness (QED) is 0.596. The number of esters is 1. The van der Waals surface area contributed by atoms with E-state index in [0.29, 0.717) is 16.3 Å². The average molecular weight is 372 g/mol. The zero-order valence-electron chi connectivity index (χ0n) is 14.3. The van der Waals surface area contributed by atoms with Crippen molar-refractivity contribution < 1.29 is 19.1 Å². The van der Waals surface area contributed by atoms with Gasteiger partial charge >= 0.3 is 5.97 Å². The van der Waals surface area contributed by atoms with Crippen LogP contribution in [0.3, 0.4) is 0 Å². The Labute approximate surface area is 156 Å². The van der Waals surface area contributed by atoms with Gasteiger partial charge in [-0.05, 0) is 24.6 Å². The van der Waals surface area contributed by atoms with Gasteiger partial charge in [0.15, 0.2) is 12.4 Å². The Hall–Kier alpha value is -2.66. The third-order valence-corrected chi connectivity index (χ3v) is 4.84. The molecule has 1 fully saturated rings. The van der Waals surface area contributed by atoms with Gasteiger partial charge in [-0.3, -0.25) is 14.4 Å². The normalized spacial score (nSPS) is 16.6. The fourth-order valence-electron chi connectivity index (χ4n) is 2.95. The molecule has 0 saturated carbocycles. The van der Waals surface area contributed by atoms with E-state index in [1.807, 2.05) is 6.92 Å². The summed E-state index contributed by atoms with van der Waals surface area (Å²) < 4.78 is 5.14. The number of nitrogens with zero attached hydrogens (tertiary/aromatic N) is 1. The standard InChI is InChI=1S/C20H18ClNO4/c1-13-16(21)8-5-9-17(13)22-11-15(10-19(22)24)20(25)26-12-18(23)14-6-3-2-4-7-14/h2-9,15H,10-12H2,1H3/t15-/m1/s1. The van der Waals surface area contributed by atoms with Crippen molar-refractivity contribution in [2.45, 2.75) is 13.3 Å². The minimum absolute atomic E-state index is 0.0598. The zero-order chi connectivity index (χ0) is 18.7. The maximum absolute atomic E-state index is 12.3. The van der Waals surface area contributed by atoms with Crippen LogP contribution in [-0.2, 0) is 14.3 Å². The molecule has 0 aromatic heterocycles. The molecule has 0 radical (unpaired) electrons. The summed E-state index contributed by atoms with van der Waals surface area (Å²) in [6.07, 6.45) is 0.0598. The Balaban J connectivity index is 1.62. The number of carbonyl (C=O) groups excluding carboxylic acids is 3. The van der Waals surface area contributed by atoms with Crippen LogP contribution in [0.4, 0.5) is 5.69 Å². The molecule has 1 aliphatic rings. The molecule has 0 N–H and O–H groups in total. The summed E-state index contributed by atoms with van der Waals surface area (Å²) in [6.45, 7) is 1.72. The van der Waals surface area contributed by atoms with E-state index in [1.54, 1.807) is 53.4 Å². The lowest BCUT2D eigenvalue weighted by Crippen LogP contribution is -2.27. The predicted molar refractivity (Wildman–Crippen MR) is 98.4 cm³/mol. The topological polar surface area (TPSA) is 63.7 Å². The lowest BCUT2D eigenvalue weighted by atomic mass is 10.1. The maximum Gasteiger partial charge on any atom is 0.311 e. The van der Waals surface area contributed by atoms with Crippen molar-refractivity contribution in [2.24, 2.45) is 5.92 Å². The van der Waals surface area contributed by atoms with Crippen LogP contribution in [-0.4, -0.2) is 30.8 Å². The Morgan fingerprint density at radius 3 is 2.62 bits per heavy atom. The molecule has 1 heterocycles. The third kappa shape index (κ3) is 3.78. The fourth-order valence-corrected chi connectivity index (χ4v) is 3.12. The first-order valence-corrected chi connectivity index (χ1v) is 8.65. The molecule has 2 aromatic carbocycles. The van der Waals surface area contributed by atoms with Crippen LogP contribution in [0.25, 0.3) is 0 Å². The van der Waals surface area contributed by atoms with Crippen molar-refractivity contribution in [3.8, 4) is 0 Å². The number of ketones is 1. The molecule has 1 saturated heterocycles. The number of halogens is 1. The number of ether oxygens (including phenoxy) is 1. The Kier molecular flexibility index (Phi) is 5.38. The summed E-state index contributed by atoms with van der Waals surface area (Å²) >= 11 is 6.11. The van der Waals surface area contributed by atoms with Gasteiger partial charge in [0, 0.05) is 29.2 Å². The van der Waals surface area contributed by atoms with Gasteiger partial charge in [0.2, 0.25) is 5.91 Å². The number of Topliss-reactive ketones (excluding diaryl/α,β-unsaturated/α-hetero) is 1. The van der Waals surface area contributed by atoms with Crippen LogP contribution in [0.1, 0.15) is 22.3 Å². The molecular weight excluding hydrogens is 354 g/mol. The van der Waals surface area contributed by atoms with Crippen molar-refractivity contribution in [1.29, 1.82) is 0 Å². The highest BCUT2D eigenvalue weighted by molar-refractivity contribution is 6.31. The molecule has 1 amide bonds. The number of anilines is 1. The van der Waals surface area contributed by atoms with Crippen LogP contribution in [0.2, 0.25) is 5.02 Å². The average Bonchev–Trinajstić information content (AvgIpc) is 3.04. The van der Waals surface area contributed by atoms with Gasteiger partial charge in [0.05, 0.1) is 5.92 Å². The van der Waals surface area contributed by atoms with Gasteiger partial charge in [-0.1, -0.05) is 48.0 Å². The van der Waals surface area contributed by atoms with Crippen molar-refractivity contribution >= 4 is 34.9 Å². The molecule has 134 valence electrons. The SMILES string of the molecule is Cc1c(Cl)cccc1N1C[C@H](C(=O)OCC(=O)c2ccccc2)CC1=O. The summed E-state index contributed by atoms with van der Waals surface area (Å²) in [4.78, 5) is 38.2. The van der Waals surface area contributed by atoms with Crippen LogP contribution in [0.5, 0.6) is 0 Å². The van der Waals surface area contributed by atoms with Crippen molar-refractivity contribution in [3.05, 3.63) is 64.7 Å². The van der Waals surface area contributed by atoms with Gasteiger partial charge in [-0.2, -0.15) is 0 Å². The molecule has 2 aromatic rings. The molecule has 0 unspecified atom stereocenters. The Bertz CT molecular complexity index is 850. The number of carbonyl (C=O) groups is 3. The smallest absolute Gasteiger partial charge is 0.311 e. The summed E-state index contributed by atoms with van der Waals surface area (Å²) in [7, 11) is 0. The van der Waals surface area contributed by atoms with E-state index in [1.165, 1.54) is 0 Å². The highest BCUT2D eigenvalue weighted by Gasteiger charge is 2.37. The van der Waals surface area contributed by atoms with Crippen LogP contribution < -0.4 is 4.90 Å². The monoisotopic (exact) mass is 371 g/mol. The highest BCUT2D eigenvalue weighted by atomic mass is 35.5. The van der Waals surface area contributed by atoms with E-state index < -0.39 is 11.9 Å². The van der Waals surface area contributed by atoms with E-state index in [4.69, 9.17) is 16.3 Å². The number of amides is 1. The van der Waals surface area contributed by atoms with E-state index in [9.17, 15) is 14.4 Å². The first-order valence-electron chi connectivity index (χ1n) is 8.27. The first-order chi connectivity index (χ1) is 12.5. The summed E-state index contributed by atoms with van der Waals surface area (Å²) in [5.74, 6) is -1.56. The second-order valence-corrected chi connectivity index (χ2v) is 6.59. The molecule has 0 spiro atoms. The Morgan fingerprint density at radius 2 is 1.88 bits per heavy atom. The first kappa shape index (κ1) is 18.1. The fraction of sp³-hybridized carbons (Fsp3) is 0.250. The minimum atomic E-state index is -0.593. The van der Waals surface area contributed by atoms with Crippen LogP contribution >= 0.6 is 11.6 Å². The number of hydrogen-bond acceptors (Lipinski definition) is 4. The van der Waals surface area contributed by atoms with E-state index >= 15 is 0 Å². The second kappa shape index (κ2) is 7.70. The van der Waals surface area contributed by atoms with E-state index in [0.717, 1.165) is 5.56 Å². The molecular formula is C20H18ClNO4. The van der Waals surface area contributed by atoms with Gasteiger partial charge < -0.3 is 9.64 Å². The summed E-state index contributed by atoms with van der Waals surface area (Å²) in [5, 5.41) is 0.565. The number of rotatable bonds is 5. The highest BCUT2D eigenvalue weighted by Crippen LogP contribution is 2.31. The zero-order valence-corrected chi connectivity index (χ0v) is 15.0. The molecule has 6 heteroatoms. The van der Waals surface area contributed by atoms with Crippen LogP contribution in [0, 0.1) is 12.8 Å². The van der Waals surface area contributed by atoms with Crippen molar-refractivity contribution in [1.82, 2.24) is 0 Å². The molecule has 3 rings (SSSR count). The summed E-state index contributed by atoms with van der Waals surface area (Å²) in [6, 6.07) is 13.9. The third-order valence-electron chi connectivity index (χ3n) is 4.43. The van der Waals surface area contributed by atoms with Gasteiger partial charge in [-0.15, -0.1) is 0 Å². The van der Waals surface area contributed by atoms with Crippen molar-refractivity contribution in [3.63, 3.8) is 0 Å². The summed E-state index contributed by atoms with van der Waals surface area (Å²) in [5.41, 5.74) is 1.97. The van der Waals surface area contributed by atoms with Crippen LogP contribution in [0.15, 0.2) is 48.5 Å². The second-order valence-electron chi connectivity index (χ2n) is 6.19. The molecule has 26 heavy (non-hydrogen) atoms. The molecule has 0 bridgehead atoms. The molecule has 1 aliphatic heterocycles. The Morgan fingerprint density at radius 1 is 1.15 bits per heavy atom. The lowest BCUT2D eigenvalue weighted by Gasteiger charge is -2.19. The van der Waals surface area contributed by atoms with Crippen molar-refractivity contribution in [2.75, 3.05) is 18.1 Å².